The fourth-order valence-electron chi connectivity index (χ4n) is 3.26. The largest absolute Gasteiger partial charge is 1.00 e. The van der Waals surface area contributed by atoms with Gasteiger partial charge in [-0.1, -0.05) is 23.3 Å². The summed E-state index contributed by atoms with van der Waals surface area (Å²) in [6.45, 7) is 3.99. The first-order valence-corrected chi connectivity index (χ1v) is 13.7. The van der Waals surface area contributed by atoms with E-state index < -0.39 is 20.3 Å². The van der Waals surface area contributed by atoms with Crippen LogP contribution in [0.3, 0.4) is 0 Å². The molecule has 2 aromatic heterocycles. The Morgan fingerprint density at radius 1 is 0.638 bits per heavy atom. The van der Waals surface area contributed by atoms with Crippen molar-refractivity contribution in [3.8, 4) is 11.8 Å². The van der Waals surface area contributed by atoms with E-state index in [1.54, 1.807) is 12.1 Å². The molecule has 58 heavy (non-hydrogen) atoms. The molecule has 330 valence electrons. The molecule has 0 aliphatic carbocycles. The normalized spacial score (nSPS) is 8.66. The number of hydrazone groups is 2. The number of hydrogen-bond acceptors (Lipinski definition) is 18. The second-order valence-electron chi connectivity index (χ2n) is 8.80. The molecule has 0 fully saturated rings. The molecule has 0 saturated heterocycles. The van der Waals surface area contributed by atoms with Gasteiger partial charge in [0.1, 0.15) is 0 Å². The first-order chi connectivity index (χ1) is 24.2. The smallest absolute Gasteiger partial charge is 0.823 e. The maximum Gasteiger partial charge on any atom is 1.00 e. The summed E-state index contributed by atoms with van der Waals surface area (Å²) >= 11 is 9.21. The zero-order chi connectivity index (χ0) is 40.0. The van der Waals surface area contributed by atoms with Crippen LogP contribution in [0.5, 0.6) is 11.8 Å². The summed E-state index contributed by atoms with van der Waals surface area (Å²) in [5, 5.41) is 77.8. The van der Waals surface area contributed by atoms with Crippen LogP contribution in [0, 0.1) is 64.7 Å². The first kappa shape index (κ1) is 66.1. The van der Waals surface area contributed by atoms with E-state index in [1.165, 1.54) is 12.4 Å². The van der Waals surface area contributed by atoms with E-state index in [0.29, 0.717) is 11.1 Å². The predicted octanol–water partition coefficient (Wildman–Crippen LogP) is -4.06. The van der Waals surface area contributed by atoms with Gasteiger partial charge in [0.05, 0.1) is 33.7 Å². The Kier molecular flexibility index (Phi) is 39.6. The molecular weight excluding hydrogens is 936 g/mol. The quantitative estimate of drug-likeness (QED) is 0.0342. The van der Waals surface area contributed by atoms with Gasteiger partial charge in [0.25, 0.3) is 0 Å². The first-order valence-electron chi connectivity index (χ1n) is 12.9. The average molecular weight is 968 g/mol. The number of pyridine rings is 2. The number of thiocarbonyl (C=S) groups is 2. The molecule has 0 spiro atoms. The summed E-state index contributed by atoms with van der Waals surface area (Å²) in [6.07, 6.45) is 2.78. The van der Waals surface area contributed by atoms with E-state index in [1.807, 2.05) is 50.2 Å². The van der Waals surface area contributed by atoms with Crippen molar-refractivity contribution in [2.24, 2.45) is 21.7 Å². The second-order valence-corrected chi connectivity index (χ2v) is 9.68. The van der Waals surface area contributed by atoms with Crippen LogP contribution >= 0.6 is 24.4 Å². The van der Waals surface area contributed by atoms with Crippen LogP contribution < -0.4 is 42.5 Å². The summed E-state index contributed by atoms with van der Waals surface area (Å²) in [4.78, 5) is 45.8. The minimum atomic E-state index is -1.75. The molecule has 0 saturated carbocycles. The average Bonchev–Trinajstić information content (AvgIpc) is 3.01. The SMILES string of the molecule is Cc1ccc2[nH+]c([O-])c(/C=N/NC(N)=S)cc2c1.Cc1ccc2[nH+]c([O-])c(/C=N/NC(N)=S)cc2c1.O.O.O.O.O=[N+]([O-])OO[N+](=O)[O-].O=[N+]([O-])[O-].O=[N+]([O-])[O-].[Cu+].[Cu+]. The number of nitrogens with two attached hydrogens (primary N) is 2. The van der Waals surface area contributed by atoms with Crippen molar-refractivity contribution in [3.05, 3.63) is 122 Å². The van der Waals surface area contributed by atoms with Crippen LogP contribution in [0.15, 0.2) is 58.7 Å². The maximum atomic E-state index is 11.8. The molecule has 0 unspecified atom stereocenters. The summed E-state index contributed by atoms with van der Waals surface area (Å²) in [5.41, 5.74) is 20.0. The van der Waals surface area contributed by atoms with Crippen molar-refractivity contribution in [1.29, 1.82) is 0 Å². The Morgan fingerprint density at radius 2 is 0.914 bits per heavy atom. The monoisotopic (exact) mass is 966 g/mol. The van der Waals surface area contributed by atoms with Crippen molar-refractivity contribution in [3.63, 3.8) is 0 Å². The Morgan fingerprint density at radius 3 is 1.16 bits per heavy atom. The van der Waals surface area contributed by atoms with E-state index in [-0.39, 0.29) is 78.0 Å². The molecule has 0 bridgehead atoms. The number of fused-ring (bicyclic) bond motifs is 2. The van der Waals surface area contributed by atoms with Crippen LogP contribution in [0.1, 0.15) is 22.3 Å². The van der Waals surface area contributed by atoms with Gasteiger partial charge in [0.2, 0.25) is 11.0 Å². The topological polar surface area (TPSA) is 538 Å². The Bertz CT molecular complexity index is 1840. The summed E-state index contributed by atoms with van der Waals surface area (Å²) in [7, 11) is 0. The van der Waals surface area contributed by atoms with Crippen LogP contribution in [0.4, 0.5) is 0 Å². The van der Waals surface area contributed by atoms with Gasteiger partial charge in [0.15, 0.2) is 22.0 Å². The molecule has 2 aromatic carbocycles. The van der Waals surface area contributed by atoms with Gasteiger partial charge in [0, 0.05) is 22.9 Å². The van der Waals surface area contributed by atoms with Crippen molar-refractivity contribution >= 4 is 68.9 Å². The minimum absolute atomic E-state index is 0. The molecule has 34 heteroatoms. The molecule has 0 amide bonds. The molecule has 2 heterocycles. The van der Waals surface area contributed by atoms with Gasteiger partial charge in [-0.05, 0) is 62.5 Å². The molecule has 16 N–H and O–H groups in total. The fourth-order valence-corrected chi connectivity index (χ4v) is 3.37. The number of nitrogens with one attached hydrogen (secondary N) is 4. The van der Waals surface area contributed by atoms with Crippen molar-refractivity contribution in [2.45, 2.75) is 13.8 Å². The minimum Gasteiger partial charge on any atom is -0.823 e. The Balaban J connectivity index is -0.000000123. The van der Waals surface area contributed by atoms with Crippen molar-refractivity contribution in [2.75, 3.05) is 0 Å². The molecule has 0 radical (unpaired) electrons. The number of H-pyrrole nitrogens is 2. The van der Waals surface area contributed by atoms with E-state index in [4.69, 9.17) is 62.3 Å². The molecule has 4 rings (SSSR count). The van der Waals surface area contributed by atoms with Gasteiger partial charge >= 0.3 is 44.3 Å². The summed E-state index contributed by atoms with van der Waals surface area (Å²) in [5.74, 6) is -0.417. The molecule has 0 aliphatic heterocycles. The Labute approximate surface area is 354 Å². The third kappa shape index (κ3) is 31.6. The van der Waals surface area contributed by atoms with Gasteiger partial charge in [-0.2, -0.15) is 10.2 Å². The summed E-state index contributed by atoms with van der Waals surface area (Å²) in [6, 6.07) is 15.2. The van der Waals surface area contributed by atoms with E-state index in [9.17, 15) is 10.2 Å². The van der Waals surface area contributed by atoms with Crippen LogP contribution in [-0.4, -0.2) is 64.9 Å². The predicted molar refractivity (Wildman–Crippen MR) is 196 cm³/mol. The van der Waals surface area contributed by atoms with Crippen molar-refractivity contribution in [1.82, 2.24) is 10.9 Å². The third-order valence-electron chi connectivity index (χ3n) is 4.97. The Hall–Kier alpha value is -6.74. The number of benzene rings is 2. The van der Waals surface area contributed by atoms with Gasteiger partial charge < -0.3 is 74.2 Å². The molecule has 0 aliphatic rings. The van der Waals surface area contributed by atoms with Crippen LogP contribution in [0.2, 0.25) is 0 Å². The van der Waals surface area contributed by atoms with Gasteiger partial charge in [-0.3, -0.25) is 10.9 Å². The standard InChI is InChI=1S/2C12H12N4OS.2Cu.N2O6.2NO3.4H2O/c2*1-7-2-3-10-8(4-7)5-9(11(17)15-10)6-14-16-12(13)18;;;3-1(4)7-8-2(5)6;2*2-1(3)4;;;;/h2*2-6H,1H3,(H,15,17)(H3,13,16,18);;;;;;4*1H2/q;;2*+1;;2*-1;;;;/b2*14-6+;;;;;;;;;. The fraction of sp³-hybridized carbons (Fsp3) is 0.0833. The van der Waals surface area contributed by atoms with E-state index in [2.05, 4.69) is 65.4 Å². The number of nitrogens with zero attached hydrogens (tertiary/aromatic N) is 6. The molecular formula is C24H32Cu2N12O18S2. The molecule has 4 aromatic rings. The summed E-state index contributed by atoms with van der Waals surface area (Å²) < 4.78 is 0. The second kappa shape index (κ2) is 34.7. The van der Waals surface area contributed by atoms with E-state index in [0.717, 1.165) is 32.9 Å². The number of aromatic nitrogens is 2. The van der Waals surface area contributed by atoms with Crippen molar-refractivity contribution < 1.29 is 107 Å². The maximum absolute atomic E-state index is 11.8. The molecule has 30 nitrogen and oxygen atoms in total. The van der Waals surface area contributed by atoms with Crippen LogP contribution in [-0.2, 0) is 44.1 Å². The molecule has 0 atom stereocenters. The number of hydrogen-bond donors (Lipinski definition) is 4. The zero-order valence-electron chi connectivity index (χ0n) is 28.7. The van der Waals surface area contributed by atoms with Gasteiger partial charge in [-0.25, -0.2) is 9.97 Å². The van der Waals surface area contributed by atoms with Crippen LogP contribution in [0.25, 0.3) is 21.8 Å². The van der Waals surface area contributed by atoms with Gasteiger partial charge in [-0.15, -0.1) is 30.2 Å². The zero-order valence-corrected chi connectivity index (χ0v) is 32.3. The third-order valence-corrected chi connectivity index (χ3v) is 5.15. The van der Waals surface area contributed by atoms with E-state index >= 15 is 0 Å². The number of aryl methyl sites for hydroxylation is 2. The number of aromatic amines is 2. The number of rotatable bonds is 7.